The van der Waals surface area contributed by atoms with Gasteiger partial charge >= 0.3 is 0 Å². The summed E-state index contributed by atoms with van der Waals surface area (Å²) in [6.45, 7) is 5.49. The zero-order valence-electron chi connectivity index (χ0n) is 18.5. The van der Waals surface area contributed by atoms with Crippen molar-refractivity contribution in [1.82, 2.24) is 20.9 Å². The van der Waals surface area contributed by atoms with E-state index in [4.69, 9.17) is 15.6 Å². The summed E-state index contributed by atoms with van der Waals surface area (Å²) in [6, 6.07) is 0. The van der Waals surface area contributed by atoms with E-state index in [-0.39, 0.29) is 32.7 Å². The van der Waals surface area contributed by atoms with E-state index in [1.54, 1.807) is 13.8 Å². The number of methoxy groups -OCH3 is 1. The van der Waals surface area contributed by atoms with Crippen LogP contribution in [0.1, 0.15) is 33.6 Å². The van der Waals surface area contributed by atoms with Crippen molar-refractivity contribution in [2.75, 3.05) is 39.8 Å². The van der Waals surface area contributed by atoms with Crippen LogP contribution in [0.3, 0.4) is 0 Å². The Morgan fingerprint density at radius 2 is 1.53 bits per heavy atom. The normalized spacial score (nSPS) is 20.4. The zero-order valence-corrected chi connectivity index (χ0v) is 18.5. The molecule has 0 fully saturated rings. The third kappa shape index (κ3) is 11.8. The molecule has 0 saturated carbocycles. The van der Waals surface area contributed by atoms with Crippen LogP contribution in [0.2, 0.25) is 0 Å². The number of nitrogens with zero attached hydrogens (tertiary/aromatic N) is 1. The molecule has 0 aromatic carbocycles. The van der Waals surface area contributed by atoms with Gasteiger partial charge in [-0.05, 0) is 19.8 Å². The summed E-state index contributed by atoms with van der Waals surface area (Å²) in [4.78, 5) is 1.45. The minimum absolute atomic E-state index is 0.00609. The van der Waals surface area contributed by atoms with E-state index in [1.807, 2.05) is 6.92 Å². The first-order valence-corrected chi connectivity index (χ1v) is 10.3. The Hall–Kier alpha value is -0.480. The summed E-state index contributed by atoms with van der Waals surface area (Å²) in [7, 11) is 1.33. The lowest BCUT2D eigenvalue weighted by Gasteiger charge is -2.40. The number of hydrogen-bond acceptors (Lipinski definition) is 12. The minimum Gasteiger partial charge on any atom is -0.390 e. The van der Waals surface area contributed by atoms with Crippen molar-refractivity contribution in [2.24, 2.45) is 5.73 Å². The lowest BCUT2D eigenvalue weighted by atomic mass is 9.90. The number of ether oxygens (including phenoxy) is 1. The molecule has 6 unspecified atom stereocenters. The molecule has 0 aromatic heterocycles. The number of nitrogens with one attached hydrogen (secondary N) is 3. The molecule has 30 heavy (non-hydrogen) atoms. The zero-order chi connectivity index (χ0) is 23.3. The quantitative estimate of drug-likeness (QED) is 0.0933. The Balaban J connectivity index is 5.00. The minimum atomic E-state index is -1.17. The van der Waals surface area contributed by atoms with Crippen molar-refractivity contribution in [3.8, 4) is 0 Å². The summed E-state index contributed by atoms with van der Waals surface area (Å²) >= 11 is 0. The molecule has 0 aliphatic heterocycles. The number of β-amino-alcohol motifs (C(OH)–C–C–N with tert-alkyl or cyclic N) is 1. The fraction of sp³-hybridized carbons (Fsp3) is 1.00. The molecule has 0 rings (SSSR count). The Labute approximate surface area is 179 Å². The Morgan fingerprint density at radius 3 is 2.03 bits per heavy atom. The van der Waals surface area contributed by atoms with Gasteiger partial charge in [-0.2, -0.15) is 0 Å². The number of aliphatic hydroxyl groups is 6. The van der Waals surface area contributed by atoms with Crippen LogP contribution in [0.25, 0.3) is 0 Å². The van der Waals surface area contributed by atoms with E-state index in [0.717, 1.165) is 0 Å². The molecule has 12 nitrogen and oxygen atoms in total. The van der Waals surface area contributed by atoms with Crippen molar-refractivity contribution in [3.05, 3.63) is 0 Å². The van der Waals surface area contributed by atoms with Gasteiger partial charge in [0.15, 0.2) is 6.29 Å². The lowest BCUT2D eigenvalue weighted by Crippen LogP contribution is -2.60. The Morgan fingerprint density at radius 1 is 0.933 bits per heavy atom. The number of nitrogens with two attached hydrogens (primary N) is 1. The van der Waals surface area contributed by atoms with Crippen LogP contribution in [0.15, 0.2) is 0 Å². The average molecular weight is 442 g/mol. The largest absolute Gasteiger partial charge is 0.390 e. The predicted octanol–water partition coefficient (Wildman–Crippen LogP) is -3.81. The second kappa shape index (κ2) is 15.3. The van der Waals surface area contributed by atoms with E-state index < -0.39 is 42.8 Å². The van der Waals surface area contributed by atoms with Gasteiger partial charge in [0.05, 0.1) is 12.6 Å². The molecule has 0 aliphatic carbocycles. The molecular formula is C18H43N5O7. The molecule has 0 bridgehead atoms. The van der Waals surface area contributed by atoms with Crippen LogP contribution in [0.5, 0.6) is 0 Å². The lowest BCUT2D eigenvalue weighted by molar-refractivity contribution is -0.128. The fourth-order valence-electron chi connectivity index (χ4n) is 2.67. The van der Waals surface area contributed by atoms with Crippen molar-refractivity contribution >= 4 is 0 Å². The molecule has 0 saturated heterocycles. The van der Waals surface area contributed by atoms with E-state index >= 15 is 0 Å². The van der Waals surface area contributed by atoms with E-state index in [1.165, 1.54) is 12.0 Å². The topological polar surface area (TPSA) is 196 Å². The molecule has 0 amide bonds. The van der Waals surface area contributed by atoms with Crippen molar-refractivity contribution < 1.29 is 35.4 Å². The van der Waals surface area contributed by atoms with Crippen molar-refractivity contribution in [3.63, 3.8) is 0 Å². The van der Waals surface area contributed by atoms with E-state index in [9.17, 15) is 25.5 Å². The highest BCUT2D eigenvalue weighted by Gasteiger charge is 2.34. The maximum atomic E-state index is 10.9. The van der Waals surface area contributed by atoms with Crippen LogP contribution < -0.4 is 21.7 Å². The molecule has 0 spiro atoms. The van der Waals surface area contributed by atoms with Gasteiger partial charge in [0, 0.05) is 38.8 Å². The first-order valence-electron chi connectivity index (χ1n) is 10.3. The van der Waals surface area contributed by atoms with Gasteiger partial charge in [-0.3, -0.25) is 15.5 Å². The van der Waals surface area contributed by atoms with Gasteiger partial charge in [0.1, 0.15) is 24.9 Å². The smallest absolute Gasteiger partial charge is 0.166 e. The van der Waals surface area contributed by atoms with E-state index in [2.05, 4.69) is 16.0 Å². The van der Waals surface area contributed by atoms with Gasteiger partial charge in [0.2, 0.25) is 0 Å². The molecule has 0 aromatic rings. The predicted molar refractivity (Wildman–Crippen MR) is 112 cm³/mol. The maximum absolute atomic E-state index is 10.9. The first kappa shape index (κ1) is 29.5. The first-order chi connectivity index (χ1) is 14.0. The second-order valence-corrected chi connectivity index (χ2v) is 7.62. The Kier molecular flexibility index (Phi) is 15.1. The van der Waals surface area contributed by atoms with Gasteiger partial charge in [-0.25, -0.2) is 0 Å². The van der Waals surface area contributed by atoms with Gasteiger partial charge in [-0.15, -0.1) is 0 Å². The highest BCUT2D eigenvalue weighted by Crippen LogP contribution is 2.17. The second-order valence-electron chi connectivity index (χ2n) is 7.62. The molecule has 0 radical (unpaired) electrons. The fourth-order valence-corrected chi connectivity index (χ4v) is 2.67. The molecule has 182 valence electrons. The summed E-state index contributed by atoms with van der Waals surface area (Å²) < 4.78 is 4.86. The monoisotopic (exact) mass is 441 g/mol. The summed E-state index contributed by atoms with van der Waals surface area (Å²) in [5, 5.41) is 68.4. The molecule has 11 N–H and O–H groups in total. The maximum Gasteiger partial charge on any atom is 0.166 e. The third-order valence-corrected chi connectivity index (χ3v) is 5.15. The summed E-state index contributed by atoms with van der Waals surface area (Å²) in [5.74, 6) is 0. The average Bonchev–Trinajstić information content (AvgIpc) is 2.72. The van der Waals surface area contributed by atoms with Gasteiger partial charge in [0.25, 0.3) is 0 Å². The number of rotatable bonds is 18. The van der Waals surface area contributed by atoms with E-state index in [0.29, 0.717) is 12.8 Å². The van der Waals surface area contributed by atoms with Crippen LogP contribution >= 0.6 is 0 Å². The van der Waals surface area contributed by atoms with Crippen LogP contribution in [0, 0.1) is 0 Å². The molecule has 7 atom stereocenters. The third-order valence-electron chi connectivity index (χ3n) is 5.15. The van der Waals surface area contributed by atoms with Crippen molar-refractivity contribution in [1.29, 1.82) is 0 Å². The summed E-state index contributed by atoms with van der Waals surface area (Å²) in [5.41, 5.74) is 4.40. The molecule has 0 aliphatic rings. The summed E-state index contributed by atoms with van der Waals surface area (Å²) in [6.07, 6.45) is -5.13. The molecule has 0 heterocycles. The SMILES string of the molecule is CCC(O)NCC(O)N(CC(O)OC)CC(O)[C@@](C)(CC)NCC(O)NCC(N)O. The number of hydrogen-bond donors (Lipinski definition) is 10. The van der Waals surface area contributed by atoms with Crippen LogP contribution in [-0.2, 0) is 4.74 Å². The van der Waals surface area contributed by atoms with Crippen LogP contribution in [-0.4, -0.2) is 118 Å². The highest BCUT2D eigenvalue weighted by molar-refractivity contribution is 4.92. The highest BCUT2D eigenvalue weighted by atomic mass is 16.6. The standard InChI is InChI=1S/C18H43N5O7/c1-5-14(26)21-9-16(28)23(11-17(29)30-4)10-12(24)18(3,6-2)22-8-15(27)20-7-13(19)25/h12-17,20-22,24-29H,5-11,19H2,1-4H3/t12?,13?,14?,15?,16?,17?,18-/m1/s1. The molecular weight excluding hydrogens is 398 g/mol. The van der Waals surface area contributed by atoms with Crippen LogP contribution in [0.4, 0.5) is 0 Å². The number of aliphatic hydroxyl groups excluding tert-OH is 6. The molecule has 12 heteroatoms. The van der Waals surface area contributed by atoms with Crippen molar-refractivity contribution in [2.45, 2.75) is 76.5 Å². The Bertz CT molecular complexity index is 438. The van der Waals surface area contributed by atoms with Gasteiger partial charge < -0.3 is 46.4 Å². The van der Waals surface area contributed by atoms with Gasteiger partial charge in [-0.1, -0.05) is 13.8 Å².